The molecule has 1 fully saturated rings. The van der Waals surface area contributed by atoms with Crippen LogP contribution in [-0.4, -0.2) is 44.1 Å². The van der Waals surface area contributed by atoms with Crippen LogP contribution < -0.4 is 0 Å². The predicted molar refractivity (Wildman–Crippen MR) is 60.4 cm³/mol. The highest BCUT2D eigenvalue weighted by atomic mass is 32.2. The lowest BCUT2D eigenvalue weighted by Gasteiger charge is -2.33. The summed E-state index contributed by atoms with van der Waals surface area (Å²) in [6.45, 7) is 4.07. The van der Waals surface area contributed by atoms with Gasteiger partial charge in [0.2, 0.25) is 10.0 Å². The van der Waals surface area contributed by atoms with Crippen molar-refractivity contribution in [2.45, 2.75) is 32.7 Å². The molecule has 6 heteroatoms. The maximum absolute atomic E-state index is 11.9. The third kappa shape index (κ3) is 2.74. The average Bonchev–Trinajstić information content (AvgIpc) is 2.20. The van der Waals surface area contributed by atoms with Crippen LogP contribution in [-0.2, 0) is 19.6 Å². The molecule has 16 heavy (non-hydrogen) atoms. The predicted octanol–water partition coefficient (Wildman–Crippen LogP) is 0.610. The lowest BCUT2D eigenvalue weighted by Crippen LogP contribution is -2.51. The molecule has 0 unspecified atom stereocenters. The van der Waals surface area contributed by atoms with Gasteiger partial charge in [-0.1, -0.05) is 13.8 Å². The van der Waals surface area contributed by atoms with Gasteiger partial charge in [-0.25, -0.2) is 8.42 Å². The van der Waals surface area contributed by atoms with E-state index in [-0.39, 0.29) is 11.7 Å². The van der Waals surface area contributed by atoms with E-state index in [1.54, 1.807) is 0 Å². The van der Waals surface area contributed by atoms with Crippen molar-refractivity contribution in [2.24, 2.45) is 5.92 Å². The number of sulfonamides is 1. The second kappa shape index (κ2) is 5.14. The van der Waals surface area contributed by atoms with Crippen molar-refractivity contribution in [2.75, 3.05) is 19.4 Å². The highest BCUT2D eigenvalue weighted by Gasteiger charge is 2.38. The van der Waals surface area contributed by atoms with Gasteiger partial charge < -0.3 is 4.74 Å². The van der Waals surface area contributed by atoms with E-state index in [0.29, 0.717) is 13.0 Å². The third-order valence-corrected chi connectivity index (χ3v) is 4.70. The lowest BCUT2D eigenvalue weighted by molar-refractivity contribution is -0.146. The highest BCUT2D eigenvalue weighted by molar-refractivity contribution is 7.89. The van der Waals surface area contributed by atoms with Crippen molar-refractivity contribution in [3.63, 3.8) is 0 Å². The second-order valence-corrected chi connectivity index (χ2v) is 6.39. The Morgan fingerprint density at radius 3 is 2.38 bits per heavy atom. The van der Waals surface area contributed by atoms with Gasteiger partial charge in [-0.2, -0.15) is 4.31 Å². The van der Waals surface area contributed by atoms with Crippen LogP contribution in [0.2, 0.25) is 0 Å². The molecule has 1 aliphatic heterocycles. The summed E-state index contributed by atoms with van der Waals surface area (Å²) in [5.74, 6) is -0.423. The first-order valence-corrected chi connectivity index (χ1v) is 7.08. The van der Waals surface area contributed by atoms with Crippen LogP contribution >= 0.6 is 0 Å². The first-order chi connectivity index (χ1) is 7.40. The molecule has 94 valence electrons. The Bertz CT molecular complexity index is 350. The molecule has 1 atom stereocenters. The number of hydrogen-bond donors (Lipinski definition) is 0. The van der Waals surface area contributed by atoms with Gasteiger partial charge in [-0.15, -0.1) is 0 Å². The fourth-order valence-electron chi connectivity index (χ4n) is 1.96. The molecule has 0 aromatic rings. The number of rotatable bonds is 3. The van der Waals surface area contributed by atoms with Gasteiger partial charge in [0.25, 0.3) is 0 Å². The first-order valence-electron chi connectivity index (χ1n) is 5.47. The van der Waals surface area contributed by atoms with E-state index in [1.807, 2.05) is 13.8 Å². The zero-order chi connectivity index (χ0) is 12.3. The Morgan fingerprint density at radius 1 is 1.31 bits per heavy atom. The average molecular weight is 249 g/mol. The molecule has 0 aromatic carbocycles. The second-order valence-electron chi connectivity index (χ2n) is 4.35. The summed E-state index contributed by atoms with van der Waals surface area (Å²) in [5.41, 5.74) is 0. The van der Waals surface area contributed by atoms with E-state index in [0.717, 1.165) is 6.42 Å². The van der Waals surface area contributed by atoms with Crippen molar-refractivity contribution < 1.29 is 17.9 Å². The molecule has 0 saturated carbocycles. The quantitative estimate of drug-likeness (QED) is 0.687. The van der Waals surface area contributed by atoms with Crippen LogP contribution in [0.3, 0.4) is 0 Å². The minimum absolute atomic E-state index is 0.0830. The van der Waals surface area contributed by atoms with E-state index in [4.69, 9.17) is 0 Å². The number of esters is 1. The Balaban J connectivity index is 2.97. The summed E-state index contributed by atoms with van der Waals surface area (Å²) < 4.78 is 29.7. The summed E-state index contributed by atoms with van der Waals surface area (Å²) in [7, 11) is -2.00. The fraction of sp³-hybridized carbons (Fsp3) is 0.900. The van der Waals surface area contributed by atoms with Crippen molar-refractivity contribution in [1.29, 1.82) is 0 Å². The summed E-state index contributed by atoms with van der Waals surface area (Å²) in [4.78, 5) is 11.6. The molecule has 1 saturated heterocycles. The van der Waals surface area contributed by atoms with Crippen LogP contribution in [0, 0.1) is 5.92 Å². The monoisotopic (exact) mass is 249 g/mol. The van der Waals surface area contributed by atoms with Crippen LogP contribution in [0.1, 0.15) is 26.7 Å². The topological polar surface area (TPSA) is 63.7 Å². The Morgan fingerprint density at radius 2 is 1.94 bits per heavy atom. The molecule has 1 rings (SSSR count). The van der Waals surface area contributed by atoms with Crippen molar-refractivity contribution in [1.82, 2.24) is 4.31 Å². The molecule has 0 aromatic heterocycles. The van der Waals surface area contributed by atoms with Gasteiger partial charge in [-0.05, 0) is 18.8 Å². The fourth-order valence-corrected chi connectivity index (χ4v) is 3.85. The maximum atomic E-state index is 11.9. The smallest absolute Gasteiger partial charge is 0.324 e. The van der Waals surface area contributed by atoms with Crippen LogP contribution in [0.15, 0.2) is 0 Å². The van der Waals surface area contributed by atoms with Crippen molar-refractivity contribution in [3.05, 3.63) is 0 Å². The zero-order valence-corrected chi connectivity index (χ0v) is 10.8. The minimum atomic E-state index is -3.29. The van der Waals surface area contributed by atoms with Crippen LogP contribution in [0.4, 0.5) is 0 Å². The molecule has 0 bridgehead atoms. The van der Waals surface area contributed by atoms with Gasteiger partial charge in [0.15, 0.2) is 0 Å². The van der Waals surface area contributed by atoms with Gasteiger partial charge in [0.1, 0.15) is 6.04 Å². The summed E-state index contributed by atoms with van der Waals surface area (Å²) >= 11 is 0. The summed E-state index contributed by atoms with van der Waals surface area (Å²) in [6, 6.07) is -0.685. The number of hydrogen-bond acceptors (Lipinski definition) is 4. The van der Waals surface area contributed by atoms with E-state index in [9.17, 15) is 13.2 Å². The van der Waals surface area contributed by atoms with E-state index < -0.39 is 22.0 Å². The van der Waals surface area contributed by atoms with Gasteiger partial charge in [-0.3, -0.25) is 4.79 Å². The summed E-state index contributed by atoms with van der Waals surface area (Å²) in [5, 5.41) is 0. The minimum Gasteiger partial charge on any atom is -0.468 e. The van der Waals surface area contributed by atoms with Gasteiger partial charge >= 0.3 is 5.97 Å². The third-order valence-electron chi connectivity index (χ3n) is 2.77. The molecule has 1 aliphatic rings. The Kier molecular flexibility index (Phi) is 4.32. The normalized spacial score (nSPS) is 23.0. The number of carbonyl (C=O) groups is 1. The molecule has 0 spiro atoms. The molecule has 1 heterocycles. The highest BCUT2D eigenvalue weighted by Crippen LogP contribution is 2.22. The molecule has 0 N–H and O–H groups in total. The lowest BCUT2D eigenvalue weighted by atomic mass is 10.0. The molecule has 0 radical (unpaired) electrons. The van der Waals surface area contributed by atoms with Gasteiger partial charge in [0, 0.05) is 6.54 Å². The molecule has 0 aliphatic carbocycles. The summed E-state index contributed by atoms with van der Waals surface area (Å²) in [6.07, 6.45) is 1.48. The van der Waals surface area contributed by atoms with Crippen LogP contribution in [0.5, 0.6) is 0 Å². The van der Waals surface area contributed by atoms with E-state index in [1.165, 1.54) is 11.4 Å². The van der Waals surface area contributed by atoms with Gasteiger partial charge in [0.05, 0.1) is 12.9 Å². The van der Waals surface area contributed by atoms with E-state index >= 15 is 0 Å². The standard InChI is InChI=1S/C10H19NO4S/c1-8(2)9(10(12)15-3)11-6-4-5-7-16(11,13)14/h8-9H,4-7H2,1-3H3/t9-/m0/s1. The first kappa shape index (κ1) is 13.4. The SMILES string of the molecule is COC(=O)[C@H](C(C)C)N1CCCCS1(=O)=O. The molecular weight excluding hydrogens is 230 g/mol. The van der Waals surface area contributed by atoms with Crippen molar-refractivity contribution in [3.8, 4) is 0 Å². The molecule has 0 amide bonds. The number of ether oxygens (including phenoxy) is 1. The van der Waals surface area contributed by atoms with E-state index in [2.05, 4.69) is 4.74 Å². The number of methoxy groups -OCH3 is 1. The molecular formula is C10H19NO4S. The van der Waals surface area contributed by atoms with Crippen LogP contribution in [0.25, 0.3) is 0 Å². The number of carbonyl (C=O) groups excluding carboxylic acids is 1. The Hall–Kier alpha value is -0.620. The van der Waals surface area contributed by atoms with Crippen molar-refractivity contribution >= 4 is 16.0 Å². The maximum Gasteiger partial charge on any atom is 0.324 e. The largest absolute Gasteiger partial charge is 0.468 e. The zero-order valence-electron chi connectivity index (χ0n) is 9.97. The Labute approximate surface area is 96.8 Å². The molecule has 5 nitrogen and oxygen atoms in total. The number of nitrogens with zero attached hydrogens (tertiary/aromatic N) is 1.